The van der Waals surface area contributed by atoms with Crippen LogP contribution in [0.25, 0.3) is 17.0 Å². The second-order valence-corrected chi connectivity index (χ2v) is 6.11. The Hall–Kier alpha value is -2.58. The summed E-state index contributed by atoms with van der Waals surface area (Å²) >= 11 is 0. The average molecular weight is 342 g/mol. The van der Waals surface area contributed by atoms with Crippen LogP contribution in [0.4, 0.5) is 10.2 Å². The Morgan fingerprint density at radius 1 is 1.36 bits per heavy atom. The molecular formula is C17H19FN6O. The molecule has 1 saturated heterocycles. The maximum Gasteiger partial charge on any atom is 0.145 e. The molecule has 1 aliphatic heterocycles. The van der Waals surface area contributed by atoms with Gasteiger partial charge in [-0.1, -0.05) is 0 Å². The number of nitrogens with zero attached hydrogens (tertiary/aromatic N) is 4. The number of rotatable bonds is 4. The van der Waals surface area contributed by atoms with Crippen LogP contribution in [0.2, 0.25) is 0 Å². The van der Waals surface area contributed by atoms with Gasteiger partial charge in [-0.3, -0.25) is 9.38 Å². The molecule has 0 saturated carbocycles. The van der Waals surface area contributed by atoms with E-state index >= 15 is 0 Å². The Morgan fingerprint density at radius 3 is 3.12 bits per heavy atom. The second-order valence-electron chi connectivity index (χ2n) is 6.11. The number of aromatic nitrogens is 4. The van der Waals surface area contributed by atoms with Gasteiger partial charge in [0, 0.05) is 12.7 Å². The van der Waals surface area contributed by atoms with E-state index in [-0.39, 0.29) is 12.6 Å². The van der Waals surface area contributed by atoms with Crippen molar-refractivity contribution in [3.8, 4) is 11.4 Å². The number of aliphatic hydroxyl groups is 1. The molecule has 1 fully saturated rings. The standard InChI is InChI=1S/C17H19FN6O/c18-12-1-3-19-6-13(12)22-16-9-20-7-14(23-16)15-8-21-17-5-11(10-25)2-4-24(15)17/h2,4-5,7-9,12-13,19,25H,1,3,6,10H2,(H,22,23)/t12-,13-/m0/s1. The minimum atomic E-state index is -0.903. The maximum atomic E-state index is 14.0. The molecule has 1 aliphatic rings. The first-order valence-corrected chi connectivity index (χ1v) is 8.25. The van der Waals surface area contributed by atoms with Crippen molar-refractivity contribution in [1.82, 2.24) is 24.7 Å². The molecule has 3 aromatic rings. The van der Waals surface area contributed by atoms with Gasteiger partial charge in [0.1, 0.15) is 23.3 Å². The molecule has 0 bridgehead atoms. The monoisotopic (exact) mass is 342 g/mol. The molecule has 0 radical (unpaired) electrons. The zero-order chi connectivity index (χ0) is 17.2. The van der Waals surface area contributed by atoms with E-state index < -0.39 is 6.17 Å². The minimum Gasteiger partial charge on any atom is -0.392 e. The highest BCUT2D eigenvalue weighted by Gasteiger charge is 2.24. The third-order valence-electron chi connectivity index (χ3n) is 4.39. The van der Waals surface area contributed by atoms with Crippen LogP contribution in [-0.4, -0.2) is 49.8 Å². The van der Waals surface area contributed by atoms with Gasteiger partial charge in [-0.15, -0.1) is 0 Å². The SMILES string of the molecule is OCc1ccn2c(-c3cncc(N[C@H]4CNCC[C@@H]4F)n3)cnc2c1. The topological polar surface area (TPSA) is 87.4 Å². The highest BCUT2D eigenvalue weighted by molar-refractivity contribution is 5.61. The van der Waals surface area contributed by atoms with Crippen molar-refractivity contribution in [2.24, 2.45) is 0 Å². The third kappa shape index (κ3) is 3.18. The number of nitrogens with one attached hydrogen (secondary N) is 2. The van der Waals surface area contributed by atoms with Crippen molar-refractivity contribution >= 4 is 11.5 Å². The van der Waals surface area contributed by atoms with Crippen LogP contribution in [0.15, 0.2) is 36.9 Å². The maximum absolute atomic E-state index is 14.0. The molecule has 3 N–H and O–H groups in total. The molecule has 4 rings (SSSR count). The number of pyridine rings is 1. The smallest absolute Gasteiger partial charge is 0.145 e. The molecule has 0 amide bonds. The minimum absolute atomic E-state index is 0.0300. The summed E-state index contributed by atoms with van der Waals surface area (Å²) in [4.78, 5) is 13.1. The van der Waals surface area contributed by atoms with Crippen LogP contribution in [0.5, 0.6) is 0 Å². The first kappa shape index (κ1) is 15.9. The van der Waals surface area contributed by atoms with Gasteiger partial charge in [0.2, 0.25) is 0 Å². The average Bonchev–Trinajstić information content (AvgIpc) is 3.07. The number of aliphatic hydroxyl groups excluding tert-OH is 1. The fourth-order valence-corrected chi connectivity index (χ4v) is 3.03. The molecule has 0 aromatic carbocycles. The second kappa shape index (κ2) is 6.73. The lowest BCUT2D eigenvalue weighted by atomic mass is 10.1. The number of hydrogen-bond donors (Lipinski definition) is 3. The molecule has 0 spiro atoms. The summed E-state index contributed by atoms with van der Waals surface area (Å²) in [7, 11) is 0. The highest BCUT2D eigenvalue weighted by Crippen LogP contribution is 2.21. The van der Waals surface area contributed by atoms with E-state index in [0.717, 1.165) is 16.9 Å². The van der Waals surface area contributed by atoms with E-state index in [1.807, 2.05) is 22.7 Å². The molecule has 4 heterocycles. The van der Waals surface area contributed by atoms with Gasteiger partial charge in [0.25, 0.3) is 0 Å². The summed E-state index contributed by atoms with van der Waals surface area (Å²) in [5, 5.41) is 15.5. The Morgan fingerprint density at radius 2 is 2.28 bits per heavy atom. The van der Waals surface area contributed by atoms with E-state index in [0.29, 0.717) is 31.0 Å². The first-order chi connectivity index (χ1) is 12.2. The largest absolute Gasteiger partial charge is 0.392 e. The van der Waals surface area contributed by atoms with Crippen LogP contribution in [0, 0.1) is 0 Å². The van der Waals surface area contributed by atoms with E-state index in [1.165, 1.54) is 0 Å². The predicted octanol–water partition coefficient (Wildman–Crippen LogP) is 1.40. The fourth-order valence-electron chi connectivity index (χ4n) is 3.03. The number of halogens is 1. The molecule has 2 atom stereocenters. The van der Waals surface area contributed by atoms with Crippen LogP contribution in [-0.2, 0) is 6.61 Å². The molecule has 130 valence electrons. The zero-order valence-electron chi connectivity index (χ0n) is 13.6. The van der Waals surface area contributed by atoms with Crippen molar-refractivity contribution in [2.45, 2.75) is 25.2 Å². The Bertz CT molecular complexity index is 882. The Balaban J connectivity index is 1.63. The number of fused-ring (bicyclic) bond motifs is 1. The van der Waals surface area contributed by atoms with Crippen molar-refractivity contribution < 1.29 is 9.50 Å². The number of piperidine rings is 1. The van der Waals surface area contributed by atoms with Crippen LogP contribution in [0.1, 0.15) is 12.0 Å². The van der Waals surface area contributed by atoms with E-state index in [9.17, 15) is 9.50 Å². The first-order valence-electron chi connectivity index (χ1n) is 8.25. The third-order valence-corrected chi connectivity index (χ3v) is 4.39. The fraction of sp³-hybridized carbons (Fsp3) is 0.353. The van der Waals surface area contributed by atoms with E-state index in [1.54, 1.807) is 18.6 Å². The van der Waals surface area contributed by atoms with Crippen LogP contribution in [0.3, 0.4) is 0 Å². The van der Waals surface area contributed by atoms with Gasteiger partial charge in [0.15, 0.2) is 0 Å². The number of hydrogen-bond acceptors (Lipinski definition) is 6. The van der Waals surface area contributed by atoms with Crippen molar-refractivity contribution in [3.63, 3.8) is 0 Å². The highest BCUT2D eigenvalue weighted by atomic mass is 19.1. The number of anilines is 1. The molecular weight excluding hydrogens is 323 g/mol. The van der Waals surface area contributed by atoms with Gasteiger partial charge in [0.05, 0.1) is 36.9 Å². The van der Waals surface area contributed by atoms with Crippen molar-refractivity contribution in [3.05, 3.63) is 42.5 Å². The summed E-state index contributed by atoms with van der Waals surface area (Å²) in [6.07, 6.45) is 6.39. The normalized spacial score (nSPS) is 20.7. The van der Waals surface area contributed by atoms with Gasteiger partial charge >= 0.3 is 0 Å². The Kier molecular flexibility index (Phi) is 4.29. The lowest BCUT2D eigenvalue weighted by Gasteiger charge is -2.27. The predicted molar refractivity (Wildman–Crippen MR) is 91.9 cm³/mol. The summed E-state index contributed by atoms with van der Waals surface area (Å²) in [5.41, 5.74) is 2.95. The summed E-state index contributed by atoms with van der Waals surface area (Å²) in [6, 6.07) is 3.34. The van der Waals surface area contributed by atoms with Crippen LogP contribution < -0.4 is 10.6 Å². The van der Waals surface area contributed by atoms with Gasteiger partial charge in [-0.2, -0.15) is 0 Å². The van der Waals surface area contributed by atoms with Gasteiger partial charge in [-0.25, -0.2) is 14.4 Å². The van der Waals surface area contributed by atoms with Gasteiger partial charge < -0.3 is 15.7 Å². The number of alkyl halides is 1. The molecule has 7 nitrogen and oxygen atoms in total. The van der Waals surface area contributed by atoms with Gasteiger partial charge in [-0.05, 0) is 30.7 Å². The molecule has 8 heteroatoms. The number of imidazole rings is 1. The summed E-state index contributed by atoms with van der Waals surface area (Å²) in [6.45, 7) is 1.23. The molecule has 0 aliphatic carbocycles. The molecule has 25 heavy (non-hydrogen) atoms. The molecule has 0 unspecified atom stereocenters. The van der Waals surface area contributed by atoms with Crippen molar-refractivity contribution in [1.29, 1.82) is 0 Å². The zero-order valence-corrected chi connectivity index (χ0v) is 13.6. The van der Waals surface area contributed by atoms with Crippen LogP contribution >= 0.6 is 0 Å². The molecule has 3 aromatic heterocycles. The van der Waals surface area contributed by atoms with E-state index in [2.05, 4.69) is 25.6 Å². The quantitative estimate of drug-likeness (QED) is 0.664. The summed E-state index contributed by atoms with van der Waals surface area (Å²) < 4.78 is 15.9. The lowest BCUT2D eigenvalue weighted by Crippen LogP contribution is -2.46. The Labute approximate surface area is 144 Å². The van der Waals surface area contributed by atoms with Crippen molar-refractivity contribution in [2.75, 3.05) is 18.4 Å². The van der Waals surface area contributed by atoms with E-state index in [4.69, 9.17) is 0 Å². The lowest BCUT2D eigenvalue weighted by molar-refractivity contribution is 0.241. The summed E-state index contributed by atoms with van der Waals surface area (Å²) in [5.74, 6) is 0.538.